The summed E-state index contributed by atoms with van der Waals surface area (Å²) >= 11 is 0. The Morgan fingerprint density at radius 2 is 2.25 bits per heavy atom. The number of nitrogens with two attached hydrogens (primary N) is 1. The molecule has 20 heavy (non-hydrogen) atoms. The van der Waals surface area contributed by atoms with Gasteiger partial charge in [0.25, 0.3) is 0 Å². The zero-order valence-electron chi connectivity index (χ0n) is 11.7. The number of ether oxygens (including phenoxy) is 1. The minimum atomic E-state index is -0.852. The molecule has 2 fully saturated rings. The van der Waals surface area contributed by atoms with Crippen molar-refractivity contribution in [3.8, 4) is 0 Å². The summed E-state index contributed by atoms with van der Waals surface area (Å²) in [5, 5.41) is 0. The van der Waals surface area contributed by atoms with Crippen molar-refractivity contribution in [2.75, 3.05) is 13.2 Å². The maximum atomic E-state index is 12.9. The molecule has 1 saturated heterocycles. The Morgan fingerprint density at radius 1 is 1.45 bits per heavy atom. The van der Waals surface area contributed by atoms with Gasteiger partial charge < -0.3 is 19.8 Å². The maximum absolute atomic E-state index is 12.9. The minimum Gasteiger partial charge on any atom is -0.467 e. The molecule has 1 unspecified atom stereocenters. The molecule has 1 aliphatic carbocycles. The van der Waals surface area contributed by atoms with Crippen LogP contribution >= 0.6 is 0 Å². The zero-order valence-corrected chi connectivity index (χ0v) is 11.7. The molecule has 1 amide bonds. The van der Waals surface area contributed by atoms with Crippen LogP contribution in [0.15, 0.2) is 22.8 Å². The number of furan rings is 1. The smallest absolute Gasteiger partial charge is 0.245 e. The van der Waals surface area contributed by atoms with Crippen LogP contribution in [0.5, 0.6) is 0 Å². The molecule has 0 radical (unpaired) electrons. The van der Waals surface area contributed by atoms with Crippen molar-refractivity contribution in [1.82, 2.24) is 4.90 Å². The number of rotatable bonds is 4. The first-order valence-corrected chi connectivity index (χ1v) is 7.39. The molecule has 0 spiro atoms. The fourth-order valence-electron chi connectivity index (χ4n) is 3.19. The van der Waals surface area contributed by atoms with E-state index in [4.69, 9.17) is 14.9 Å². The molecule has 1 atom stereocenters. The van der Waals surface area contributed by atoms with Crippen molar-refractivity contribution >= 4 is 5.91 Å². The largest absolute Gasteiger partial charge is 0.467 e. The van der Waals surface area contributed by atoms with Gasteiger partial charge in [0, 0.05) is 12.6 Å². The lowest BCUT2D eigenvalue weighted by atomic mass is 9.97. The summed E-state index contributed by atoms with van der Waals surface area (Å²) in [4.78, 5) is 14.8. The molecule has 2 N–H and O–H groups in total. The fraction of sp³-hybridized carbons (Fsp3) is 0.667. The lowest BCUT2D eigenvalue weighted by molar-refractivity contribution is -0.140. The zero-order chi connectivity index (χ0) is 14.0. The Morgan fingerprint density at radius 3 is 2.85 bits per heavy atom. The van der Waals surface area contributed by atoms with Crippen molar-refractivity contribution in [2.24, 2.45) is 5.73 Å². The highest BCUT2D eigenvalue weighted by molar-refractivity contribution is 5.87. The van der Waals surface area contributed by atoms with E-state index in [2.05, 4.69) is 0 Å². The first-order chi connectivity index (χ1) is 9.69. The van der Waals surface area contributed by atoms with Gasteiger partial charge in [-0.3, -0.25) is 4.79 Å². The van der Waals surface area contributed by atoms with E-state index in [1.165, 1.54) is 12.8 Å². The van der Waals surface area contributed by atoms with Gasteiger partial charge in [-0.1, -0.05) is 12.8 Å². The van der Waals surface area contributed by atoms with Gasteiger partial charge in [0.15, 0.2) is 0 Å². The number of carbonyl (C=O) groups excluding carboxylic acids is 1. The number of nitrogens with zero attached hydrogens (tertiary/aromatic N) is 1. The molecule has 1 aliphatic heterocycles. The van der Waals surface area contributed by atoms with E-state index in [1.54, 1.807) is 6.26 Å². The third-order valence-electron chi connectivity index (χ3n) is 4.41. The first-order valence-electron chi connectivity index (χ1n) is 7.39. The van der Waals surface area contributed by atoms with Crippen molar-refractivity contribution in [1.29, 1.82) is 0 Å². The molecule has 2 heterocycles. The molecule has 0 bridgehead atoms. The van der Waals surface area contributed by atoms with Crippen LogP contribution in [0.25, 0.3) is 0 Å². The second-order valence-corrected chi connectivity index (χ2v) is 5.91. The number of hydrogen-bond donors (Lipinski definition) is 1. The van der Waals surface area contributed by atoms with Gasteiger partial charge in [-0.05, 0) is 31.4 Å². The second kappa shape index (κ2) is 5.58. The van der Waals surface area contributed by atoms with Crippen LogP contribution in [0, 0.1) is 0 Å². The topological polar surface area (TPSA) is 68.7 Å². The molecule has 1 aromatic heterocycles. The highest BCUT2D eigenvalue weighted by Crippen LogP contribution is 2.29. The van der Waals surface area contributed by atoms with Crippen molar-refractivity contribution in [2.45, 2.75) is 50.2 Å². The molecule has 5 heteroatoms. The van der Waals surface area contributed by atoms with E-state index in [9.17, 15) is 4.79 Å². The van der Waals surface area contributed by atoms with Crippen LogP contribution in [0.4, 0.5) is 0 Å². The third kappa shape index (κ3) is 2.60. The standard InChI is InChI=1S/C15H22N2O3/c16-15(7-9-19-11-15)14(18)17(12-4-1-2-5-12)10-13-6-3-8-20-13/h3,6,8,12H,1-2,4-5,7,9-11,16H2. The van der Waals surface area contributed by atoms with Crippen LogP contribution in [0.3, 0.4) is 0 Å². The molecule has 5 nitrogen and oxygen atoms in total. The molecular weight excluding hydrogens is 256 g/mol. The molecule has 1 saturated carbocycles. The molecule has 2 aliphatic rings. The predicted octanol–water partition coefficient (Wildman–Crippen LogP) is 1.67. The van der Waals surface area contributed by atoms with Gasteiger partial charge >= 0.3 is 0 Å². The Kier molecular flexibility index (Phi) is 3.81. The highest BCUT2D eigenvalue weighted by Gasteiger charge is 2.43. The summed E-state index contributed by atoms with van der Waals surface area (Å²) in [6, 6.07) is 4.04. The van der Waals surface area contributed by atoms with Gasteiger partial charge in [-0.15, -0.1) is 0 Å². The number of carbonyl (C=O) groups is 1. The summed E-state index contributed by atoms with van der Waals surface area (Å²) in [6.07, 6.45) is 6.73. The Hall–Kier alpha value is -1.33. The van der Waals surface area contributed by atoms with E-state index >= 15 is 0 Å². The normalized spacial score (nSPS) is 27.1. The molecular formula is C15H22N2O3. The van der Waals surface area contributed by atoms with E-state index < -0.39 is 5.54 Å². The quantitative estimate of drug-likeness (QED) is 0.909. The van der Waals surface area contributed by atoms with Crippen molar-refractivity contribution in [3.63, 3.8) is 0 Å². The SMILES string of the molecule is NC1(C(=O)N(Cc2ccco2)C2CCCC2)CCOC1. The first kappa shape index (κ1) is 13.6. The number of hydrogen-bond acceptors (Lipinski definition) is 4. The van der Waals surface area contributed by atoms with E-state index in [0.29, 0.717) is 26.2 Å². The predicted molar refractivity (Wildman–Crippen MR) is 73.9 cm³/mol. The van der Waals surface area contributed by atoms with Crippen molar-refractivity contribution < 1.29 is 13.9 Å². The summed E-state index contributed by atoms with van der Waals surface area (Å²) in [5.74, 6) is 0.825. The summed E-state index contributed by atoms with van der Waals surface area (Å²) in [7, 11) is 0. The average molecular weight is 278 g/mol. The van der Waals surface area contributed by atoms with Gasteiger partial charge in [0.1, 0.15) is 11.3 Å². The Bertz CT molecular complexity index is 446. The second-order valence-electron chi connectivity index (χ2n) is 5.91. The van der Waals surface area contributed by atoms with E-state index in [1.807, 2.05) is 17.0 Å². The lowest BCUT2D eigenvalue weighted by Gasteiger charge is -2.34. The molecule has 1 aromatic rings. The fourth-order valence-corrected chi connectivity index (χ4v) is 3.19. The minimum absolute atomic E-state index is 0.0123. The lowest BCUT2D eigenvalue weighted by Crippen LogP contribution is -2.57. The third-order valence-corrected chi connectivity index (χ3v) is 4.41. The average Bonchev–Trinajstić information content (AvgIpc) is 3.18. The molecule has 110 valence electrons. The van der Waals surface area contributed by atoms with Crippen LogP contribution in [0.2, 0.25) is 0 Å². The number of amides is 1. The van der Waals surface area contributed by atoms with Crippen LogP contribution in [-0.2, 0) is 16.1 Å². The Labute approximate surface area is 119 Å². The van der Waals surface area contributed by atoms with E-state index in [0.717, 1.165) is 18.6 Å². The van der Waals surface area contributed by atoms with E-state index in [-0.39, 0.29) is 11.9 Å². The van der Waals surface area contributed by atoms with Gasteiger partial charge in [0.05, 0.1) is 19.4 Å². The van der Waals surface area contributed by atoms with Gasteiger partial charge in [-0.2, -0.15) is 0 Å². The van der Waals surface area contributed by atoms with Gasteiger partial charge in [0.2, 0.25) is 5.91 Å². The maximum Gasteiger partial charge on any atom is 0.245 e. The molecule has 3 rings (SSSR count). The monoisotopic (exact) mass is 278 g/mol. The van der Waals surface area contributed by atoms with Crippen LogP contribution in [0.1, 0.15) is 37.9 Å². The van der Waals surface area contributed by atoms with Gasteiger partial charge in [-0.25, -0.2) is 0 Å². The summed E-state index contributed by atoms with van der Waals surface area (Å²) in [6.45, 7) is 1.41. The Balaban J connectivity index is 1.78. The van der Waals surface area contributed by atoms with Crippen molar-refractivity contribution in [3.05, 3.63) is 24.2 Å². The summed E-state index contributed by atoms with van der Waals surface area (Å²) < 4.78 is 10.7. The molecule has 0 aromatic carbocycles. The summed E-state index contributed by atoms with van der Waals surface area (Å²) in [5.41, 5.74) is 5.40. The van der Waals surface area contributed by atoms with Crippen LogP contribution in [-0.4, -0.2) is 35.6 Å². The highest BCUT2D eigenvalue weighted by atomic mass is 16.5. The van der Waals surface area contributed by atoms with Crippen LogP contribution < -0.4 is 5.73 Å².